The van der Waals surface area contributed by atoms with E-state index in [1.165, 1.54) is 12.8 Å². The van der Waals surface area contributed by atoms with Gasteiger partial charge >= 0.3 is 0 Å². The molecule has 1 aromatic heterocycles. The number of hydrogen-bond acceptors (Lipinski definition) is 5. The van der Waals surface area contributed by atoms with E-state index in [1.807, 2.05) is 6.07 Å². The molecular formula is C15H26N4O. The number of rotatable bonds is 8. The summed E-state index contributed by atoms with van der Waals surface area (Å²) in [6.45, 7) is 7.99. The molecule has 20 heavy (non-hydrogen) atoms. The van der Waals surface area contributed by atoms with E-state index in [0.717, 1.165) is 24.0 Å². The molecule has 0 saturated heterocycles. The third-order valence-corrected chi connectivity index (χ3v) is 3.53. The summed E-state index contributed by atoms with van der Waals surface area (Å²) in [6, 6.07) is 2.25. The van der Waals surface area contributed by atoms with E-state index in [-0.39, 0.29) is 6.04 Å². The lowest BCUT2D eigenvalue weighted by molar-refractivity contribution is 0.171. The highest BCUT2D eigenvalue weighted by Gasteiger charge is 2.27. The molecule has 5 heteroatoms. The molecule has 2 N–H and O–H groups in total. The number of anilines is 2. The zero-order valence-electron chi connectivity index (χ0n) is 12.9. The Bertz CT molecular complexity index is 432. The molecule has 0 aliphatic heterocycles. The van der Waals surface area contributed by atoms with Gasteiger partial charge in [-0.05, 0) is 25.7 Å². The number of nitrogens with zero attached hydrogens (tertiary/aromatic N) is 2. The number of ether oxygens (including phenoxy) is 1. The van der Waals surface area contributed by atoms with Gasteiger partial charge in [0.05, 0.1) is 12.6 Å². The molecule has 1 unspecified atom stereocenters. The quantitative estimate of drug-likeness (QED) is 0.765. The molecule has 2 rings (SSSR count). The van der Waals surface area contributed by atoms with Crippen LogP contribution < -0.4 is 10.6 Å². The summed E-state index contributed by atoms with van der Waals surface area (Å²) in [5, 5.41) is 6.77. The molecule has 0 spiro atoms. The highest BCUT2D eigenvalue weighted by Crippen LogP contribution is 2.38. The van der Waals surface area contributed by atoms with Gasteiger partial charge in [0, 0.05) is 25.6 Å². The predicted octanol–water partition coefficient (Wildman–Crippen LogP) is 2.87. The fraction of sp³-hybridized carbons (Fsp3) is 0.733. The maximum atomic E-state index is 5.28. The predicted molar refractivity (Wildman–Crippen MR) is 82.3 cm³/mol. The maximum Gasteiger partial charge on any atom is 0.136 e. The largest absolute Gasteiger partial charge is 0.383 e. The SMILES string of the molecule is CCNc1cc(NC(COC)C(C)C)nc(C2CC2)n1. The Morgan fingerprint density at radius 3 is 2.55 bits per heavy atom. The minimum absolute atomic E-state index is 0.261. The van der Waals surface area contributed by atoms with Crippen LogP contribution in [0.1, 0.15) is 45.4 Å². The van der Waals surface area contributed by atoms with Crippen molar-refractivity contribution in [3.63, 3.8) is 0 Å². The van der Waals surface area contributed by atoms with Crippen LogP contribution in [0.4, 0.5) is 11.6 Å². The molecule has 5 nitrogen and oxygen atoms in total. The average Bonchev–Trinajstić information content (AvgIpc) is 3.22. The van der Waals surface area contributed by atoms with E-state index < -0.39 is 0 Å². The summed E-state index contributed by atoms with van der Waals surface area (Å²) in [4.78, 5) is 9.25. The van der Waals surface area contributed by atoms with Crippen molar-refractivity contribution in [3.05, 3.63) is 11.9 Å². The molecule has 1 atom stereocenters. The van der Waals surface area contributed by atoms with Crippen molar-refractivity contribution in [2.45, 2.75) is 45.6 Å². The van der Waals surface area contributed by atoms with Gasteiger partial charge in [0.1, 0.15) is 17.5 Å². The highest BCUT2D eigenvalue weighted by atomic mass is 16.5. The summed E-state index contributed by atoms with van der Waals surface area (Å²) in [5.41, 5.74) is 0. The first kappa shape index (κ1) is 15.0. The number of hydrogen-bond donors (Lipinski definition) is 2. The molecule has 1 aliphatic rings. The second-order valence-electron chi connectivity index (χ2n) is 5.75. The molecule has 1 aliphatic carbocycles. The van der Waals surface area contributed by atoms with E-state index >= 15 is 0 Å². The fourth-order valence-corrected chi connectivity index (χ4v) is 2.11. The van der Waals surface area contributed by atoms with E-state index in [0.29, 0.717) is 18.4 Å². The van der Waals surface area contributed by atoms with Crippen LogP contribution >= 0.6 is 0 Å². The van der Waals surface area contributed by atoms with Crippen molar-refractivity contribution in [1.82, 2.24) is 9.97 Å². The van der Waals surface area contributed by atoms with Crippen molar-refractivity contribution in [1.29, 1.82) is 0 Å². The van der Waals surface area contributed by atoms with Crippen LogP contribution in [0.15, 0.2) is 6.07 Å². The molecule has 0 amide bonds. The Kier molecular flexibility index (Phi) is 5.17. The topological polar surface area (TPSA) is 59.1 Å². The zero-order chi connectivity index (χ0) is 14.5. The minimum Gasteiger partial charge on any atom is -0.383 e. The summed E-state index contributed by atoms with van der Waals surface area (Å²) in [6.07, 6.45) is 2.42. The summed E-state index contributed by atoms with van der Waals surface area (Å²) < 4.78 is 5.28. The Morgan fingerprint density at radius 1 is 1.30 bits per heavy atom. The van der Waals surface area contributed by atoms with E-state index in [2.05, 4.69) is 41.4 Å². The van der Waals surface area contributed by atoms with Gasteiger partial charge in [0.25, 0.3) is 0 Å². The first-order valence-electron chi connectivity index (χ1n) is 7.52. The van der Waals surface area contributed by atoms with Crippen molar-refractivity contribution in [3.8, 4) is 0 Å². The number of methoxy groups -OCH3 is 1. The van der Waals surface area contributed by atoms with E-state index in [1.54, 1.807) is 7.11 Å². The Balaban J connectivity index is 2.16. The molecule has 0 aromatic carbocycles. The van der Waals surface area contributed by atoms with Crippen LogP contribution in [0, 0.1) is 5.92 Å². The molecule has 0 bridgehead atoms. The second-order valence-corrected chi connectivity index (χ2v) is 5.75. The molecule has 1 fully saturated rings. The monoisotopic (exact) mass is 278 g/mol. The van der Waals surface area contributed by atoms with Crippen LogP contribution in [-0.4, -0.2) is 36.3 Å². The smallest absolute Gasteiger partial charge is 0.136 e. The molecule has 1 heterocycles. The van der Waals surface area contributed by atoms with E-state index in [9.17, 15) is 0 Å². The van der Waals surface area contributed by atoms with Gasteiger partial charge in [-0.25, -0.2) is 9.97 Å². The van der Waals surface area contributed by atoms with Gasteiger partial charge in [-0.2, -0.15) is 0 Å². The maximum absolute atomic E-state index is 5.28. The third kappa shape index (κ3) is 4.07. The average molecular weight is 278 g/mol. The van der Waals surface area contributed by atoms with Crippen LogP contribution in [0.5, 0.6) is 0 Å². The molecule has 0 radical (unpaired) electrons. The first-order valence-corrected chi connectivity index (χ1v) is 7.52. The summed E-state index contributed by atoms with van der Waals surface area (Å²) >= 11 is 0. The van der Waals surface area contributed by atoms with Crippen LogP contribution in [0.25, 0.3) is 0 Å². The standard InChI is InChI=1S/C15H26N4O/c1-5-16-13-8-14(17-12(9-20-4)10(2)3)19-15(18-13)11-6-7-11/h8,10-12H,5-7,9H2,1-4H3,(H2,16,17,18,19). The molecule has 1 aromatic rings. The molecular weight excluding hydrogens is 252 g/mol. The van der Waals surface area contributed by atoms with Gasteiger partial charge in [-0.15, -0.1) is 0 Å². The summed E-state index contributed by atoms with van der Waals surface area (Å²) in [5.74, 6) is 3.80. The van der Waals surface area contributed by atoms with Gasteiger partial charge in [0.15, 0.2) is 0 Å². The third-order valence-electron chi connectivity index (χ3n) is 3.53. The van der Waals surface area contributed by atoms with Crippen LogP contribution in [0.3, 0.4) is 0 Å². The van der Waals surface area contributed by atoms with Gasteiger partial charge in [-0.1, -0.05) is 13.8 Å². The van der Waals surface area contributed by atoms with Crippen molar-refractivity contribution >= 4 is 11.6 Å². The Labute approximate surface area is 121 Å². The Hall–Kier alpha value is -1.36. The Morgan fingerprint density at radius 2 is 2.00 bits per heavy atom. The number of aromatic nitrogens is 2. The molecule has 1 saturated carbocycles. The van der Waals surface area contributed by atoms with Gasteiger partial charge < -0.3 is 15.4 Å². The lowest BCUT2D eigenvalue weighted by atomic mass is 10.1. The van der Waals surface area contributed by atoms with Crippen molar-refractivity contribution in [2.75, 3.05) is 30.9 Å². The molecule has 112 valence electrons. The van der Waals surface area contributed by atoms with Crippen molar-refractivity contribution < 1.29 is 4.74 Å². The highest BCUT2D eigenvalue weighted by molar-refractivity contribution is 5.48. The van der Waals surface area contributed by atoms with Crippen molar-refractivity contribution in [2.24, 2.45) is 5.92 Å². The second kappa shape index (κ2) is 6.88. The fourth-order valence-electron chi connectivity index (χ4n) is 2.11. The number of nitrogens with one attached hydrogen (secondary N) is 2. The van der Waals surface area contributed by atoms with Gasteiger partial charge in [-0.3, -0.25) is 0 Å². The first-order chi connectivity index (χ1) is 9.63. The summed E-state index contributed by atoms with van der Waals surface area (Å²) in [7, 11) is 1.73. The minimum atomic E-state index is 0.261. The van der Waals surface area contributed by atoms with E-state index in [4.69, 9.17) is 4.74 Å². The zero-order valence-corrected chi connectivity index (χ0v) is 12.9. The lowest BCUT2D eigenvalue weighted by Gasteiger charge is -2.22. The van der Waals surface area contributed by atoms with Crippen LogP contribution in [-0.2, 0) is 4.74 Å². The van der Waals surface area contributed by atoms with Gasteiger partial charge in [0.2, 0.25) is 0 Å². The normalized spacial score (nSPS) is 16.2. The lowest BCUT2D eigenvalue weighted by Crippen LogP contribution is -2.31. The van der Waals surface area contributed by atoms with Crippen LogP contribution in [0.2, 0.25) is 0 Å².